The Kier molecular flexibility index (Phi) is 4.65. The first-order valence-corrected chi connectivity index (χ1v) is 7.86. The lowest BCUT2D eigenvalue weighted by atomic mass is 10.2. The second kappa shape index (κ2) is 6.10. The smallest absolute Gasteiger partial charge is 0.407 e. The highest BCUT2D eigenvalue weighted by Crippen LogP contribution is 2.26. The van der Waals surface area contributed by atoms with Crippen LogP contribution < -0.4 is 5.32 Å². The van der Waals surface area contributed by atoms with Crippen molar-refractivity contribution in [2.45, 2.75) is 51.8 Å². The number of hydrogen-bond donors (Lipinski definition) is 1. The average Bonchev–Trinajstić information content (AvgIpc) is 2.95. The quantitative estimate of drug-likeness (QED) is 0.932. The van der Waals surface area contributed by atoms with Crippen LogP contribution in [0.15, 0.2) is 11.6 Å². The SMILES string of the molecule is CC(c1nccs1)N1CC[C@@H](NC(=O)OC(C)(C)C)C1. The Labute approximate surface area is 124 Å². The standard InChI is InChI=1S/C14H23N3O2S/c1-10(12-15-6-8-20-12)17-7-5-11(9-17)16-13(18)19-14(2,3)4/h6,8,10-11H,5,7,9H2,1-4H3,(H,16,18)/t10?,11-/m1/s1. The highest BCUT2D eigenvalue weighted by atomic mass is 32.1. The maximum absolute atomic E-state index is 11.8. The van der Waals surface area contributed by atoms with Crippen LogP contribution in [0.3, 0.4) is 0 Å². The predicted molar refractivity (Wildman–Crippen MR) is 79.9 cm³/mol. The second-order valence-electron chi connectivity index (χ2n) is 6.17. The van der Waals surface area contributed by atoms with E-state index in [0.29, 0.717) is 6.04 Å². The molecule has 0 bridgehead atoms. The van der Waals surface area contributed by atoms with Gasteiger partial charge in [-0.2, -0.15) is 0 Å². The molecule has 2 atom stereocenters. The molecular weight excluding hydrogens is 274 g/mol. The third-order valence-electron chi connectivity index (χ3n) is 3.30. The number of alkyl carbamates (subject to hydrolysis) is 1. The minimum atomic E-state index is -0.448. The largest absolute Gasteiger partial charge is 0.444 e. The molecule has 1 aliphatic rings. The summed E-state index contributed by atoms with van der Waals surface area (Å²) >= 11 is 1.68. The summed E-state index contributed by atoms with van der Waals surface area (Å²) in [5, 5.41) is 6.07. The summed E-state index contributed by atoms with van der Waals surface area (Å²) in [4.78, 5) is 18.5. The summed E-state index contributed by atoms with van der Waals surface area (Å²) in [6, 6.07) is 0.465. The Morgan fingerprint density at radius 3 is 2.95 bits per heavy atom. The number of nitrogens with one attached hydrogen (secondary N) is 1. The number of nitrogens with zero attached hydrogens (tertiary/aromatic N) is 2. The van der Waals surface area contributed by atoms with E-state index in [9.17, 15) is 4.79 Å². The maximum Gasteiger partial charge on any atom is 0.407 e. The molecular formula is C14H23N3O2S. The van der Waals surface area contributed by atoms with Crippen molar-refractivity contribution in [2.75, 3.05) is 13.1 Å². The van der Waals surface area contributed by atoms with E-state index in [1.54, 1.807) is 11.3 Å². The van der Waals surface area contributed by atoms with Crippen molar-refractivity contribution in [1.82, 2.24) is 15.2 Å². The molecule has 0 radical (unpaired) electrons. The number of likely N-dealkylation sites (tertiary alicyclic amines) is 1. The zero-order chi connectivity index (χ0) is 14.8. The van der Waals surface area contributed by atoms with Crippen molar-refractivity contribution in [1.29, 1.82) is 0 Å². The first kappa shape index (κ1) is 15.3. The van der Waals surface area contributed by atoms with E-state index in [4.69, 9.17) is 4.74 Å². The molecule has 0 aliphatic carbocycles. The van der Waals surface area contributed by atoms with Gasteiger partial charge in [-0.15, -0.1) is 11.3 Å². The van der Waals surface area contributed by atoms with Crippen molar-refractivity contribution in [2.24, 2.45) is 0 Å². The number of rotatable bonds is 3. The summed E-state index contributed by atoms with van der Waals surface area (Å²) in [5.41, 5.74) is -0.448. The number of thiazole rings is 1. The Balaban J connectivity index is 1.82. The Bertz CT molecular complexity index is 442. The van der Waals surface area contributed by atoms with Gasteiger partial charge in [0.05, 0.1) is 6.04 Å². The van der Waals surface area contributed by atoms with Crippen LogP contribution >= 0.6 is 11.3 Å². The molecule has 6 heteroatoms. The van der Waals surface area contributed by atoms with Gasteiger partial charge in [0.2, 0.25) is 0 Å². The highest BCUT2D eigenvalue weighted by molar-refractivity contribution is 7.09. The van der Waals surface area contributed by atoms with E-state index in [0.717, 1.165) is 24.5 Å². The zero-order valence-electron chi connectivity index (χ0n) is 12.5. The number of amides is 1. The fourth-order valence-electron chi connectivity index (χ4n) is 2.33. The summed E-state index contributed by atoms with van der Waals surface area (Å²) in [6.45, 7) is 9.60. The molecule has 1 N–H and O–H groups in total. The van der Waals surface area contributed by atoms with Gasteiger partial charge in [-0.3, -0.25) is 4.90 Å². The van der Waals surface area contributed by atoms with Crippen LogP contribution in [0, 0.1) is 0 Å². The maximum atomic E-state index is 11.8. The summed E-state index contributed by atoms with van der Waals surface area (Å²) < 4.78 is 5.29. The number of carbonyl (C=O) groups excluding carboxylic acids is 1. The molecule has 1 unspecified atom stereocenters. The number of hydrogen-bond acceptors (Lipinski definition) is 5. The van der Waals surface area contributed by atoms with Crippen molar-refractivity contribution in [3.63, 3.8) is 0 Å². The van der Waals surface area contributed by atoms with Gasteiger partial charge in [0.25, 0.3) is 0 Å². The van der Waals surface area contributed by atoms with E-state index in [-0.39, 0.29) is 12.1 Å². The summed E-state index contributed by atoms with van der Waals surface area (Å²) in [6.07, 6.45) is 2.46. The van der Waals surface area contributed by atoms with Gasteiger partial charge in [-0.25, -0.2) is 9.78 Å². The molecule has 2 rings (SSSR count). The van der Waals surface area contributed by atoms with Crippen LogP contribution in [0.5, 0.6) is 0 Å². The molecule has 20 heavy (non-hydrogen) atoms. The van der Waals surface area contributed by atoms with E-state index < -0.39 is 5.60 Å². The first-order chi connectivity index (χ1) is 9.35. The molecule has 1 aromatic heterocycles. The number of aromatic nitrogens is 1. The fraction of sp³-hybridized carbons (Fsp3) is 0.714. The van der Waals surface area contributed by atoms with Crippen LogP contribution in [0.4, 0.5) is 4.79 Å². The van der Waals surface area contributed by atoms with Gasteiger partial charge in [-0.1, -0.05) is 0 Å². The van der Waals surface area contributed by atoms with Crippen molar-refractivity contribution >= 4 is 17.4 Å². The van der Waals surface area contributed by atoms with Crippen molar-refractivity contribution < 1.29 is 9.53 Å². The lowest BCUT2D eigenvalue weighted by molar-refractivity contribution is 0.0504. The zero-order valence-corrected chi connectivity index (χ0v) is 13.4. The number of ether oxygens (including phenoxy) is 1. The molecule has 0 spiro atoms. The lowest BCUT2D eigenvalue weighted by Gasteiger charge is -2.24. The number of carbonyl (C=O) groups is 1. The molecule has 112 valence electrons. The average molecular weight is 297 g/mol. The first-order valence-electron chi connectivity index (χ1n) is 6.98. The van der Waals surface area contributed by atoms with E-state index in [1.807, 2.05) is 32.3 Å². The van der Waals surface area contributed by atoms with Crippen LogP contribution in [-0.4, -0.2) is 40.7 Å². The molecule has 5 nitrogen and oxygen atoms in total. The molecule has 1 fully saturated rings. The monoisotopic (exact) mass is 297 g/mol. The highest BCUT2D eigenvalue weighted by Gasteiger charge is 2.29. The predicted octanol–water partition coefficient (Wildman–Crippen LogP) is 2.80. The van der Waals surface area contributed by atoms with Crippen molar-refractivity contribution in [3.8, 4) is 0 Å². The van der Waals surface area contributed by atoms with Gasteiger partial charge < -0.3 is 10.1 Å². The van der Waals surface area contributed by atoms with Crippen LogP contribution in [0.1, 0.15) is 45.2 Å². The third kappa shape index (κ3) is 4.18. The topological polar surface area (TPSA) is 54.5 Å². The molecule has 1 saturated heterocycles. The molecule has 2 heterocycles. The van der Waals surface area contributed by atoms with Crippen molar-refractivity contribution in [3.05, 3.63) is 16.6 Å². The van der Waals surface area contributed by atoms with E-state index in [1.165, 1.54) is 0 Å². The second-order valence-corrected chi connectivity index (χ2v) is 7.10. The third-order valence-corrected chi connectivity index (χ3v) is 4.24. The van der Waals surface area contributed by atoms with Gasteiger partial charge in [0, 0.05) is 30.7 Å². The Morgan fingerprint density at radius 1 is 1.60 bits per heavy atom. The minimum Gasteiger partial charge on any atom is -0.444 e. The minimum absolute atomic E-state index is 0.160. The fourth-order valence-corrected chi connectivity index (χ4v) is 3.06. The molecule has 0 saturated carbocycles. The lowest BCUT2D eigenvalue weighted by Crippen LogP contribution is -2.40. The summed E-state index contributed by atoms with van der Waals surface area (Å²) in [5.74, 6) is 0. The van der Waals surface area contributed by atoms with Crippen LogP contribution in [-0.2, 0) is 4.74 Å². The molecule has 0 aromatic carbocycles. The van der Waals surface area contributed by atoms with Crippen LogP contribution in [0.2, 0.25) is 0 Å². The molecule has 1 aliphatic heterocycles. The van der Waals surface area contributed by atoms with E-state index in [2.05, 4.69) is 22.1 Å². The van der Waals surface area contributed by atoms with E-state index >= 15 is 0 Å². The molecule has 1 amide bonds. The Hall–Kier alpha value is -1.14. The van der Waals surface area contributed by atoms with Gasteiger partial charge in [-0.05, 0) is 34.1 Å². The Morgan fingerprint density at radius 2 is 2.35 bits per heavy atom. The summed E-state index contributed by atoms with van der Waals surface area (Å²) in [7, 11) is 0. The van der Waals surface area contributed by atoms with Gasteiger partial charge in [0.1, 0.15) is 10.6 Å². The van der Waals surface area contributed by atoms with Gasteiger partial charge in [0.15, 0.2) is 0 Å². The molecule has 1 aromatic rings. The normalized spacial score (nSPS) is 21.7. The van der Waals surface area contributed by atoms with Gasteiger partial charge >= 0.3 is 6.09 Å². The van der Waals surface area contributed by atoms with Crippen LogP contribution in [0.25, 0.3) is 0 Å².